The van der Waals surface area contributed by atoms with Crippen molar-refractivity contribution in [3.63, 3.8) is 0 Å². The lowest BCUT2D eigenvalue weighted by Gasteiger charge is -2.26. The number of nitrogens with one attached hydrogen (secondary N) is 1. The van der Waals surface area contributed by atoms with Crippen molar-refractivity contribution in [1.29, 1.82) is 0 Å². The second-order valence-corrected chi connectivity index (χ2v) is 5.06. The van der Waals surface area contributed by atoms with E-state index < -0.39 is 0 Å². The maximum Gasteiger partial charge on any atom is 0.218 e. The molecule has 0 bridgehead atoms. The van der Waals surface area contributed by atoms with Gasteiger partial charge in [0.25, 0.3) is 0 Å². The molecule has 16 heavy (non-hydrogen) atoms. The molecule has 1 rings (SSSR count). The molecular formula is C13H26N2O. The molecule has 0 spiro atoms. The predicted molar refractivity (Wildman–Crippen MR) is 67.1 cm³/mol. The molecule has 1 fully saturated rings. The Kier molecular flexibility index (Phi) is 6.46. The Bertz CT molecular complexity index is 200. The summed E-state index contributed by atoms with van der Waals surface area (Å²) in [5, 5.41) is 3.45. The third kappa shape index (κ3) is 5.50. The molecule has 0 aliphatic heterocycles. The topological polar surface area (TPSA) is 55.1 Å². The maximum absolute atomic E-state index is 11.0. The number of amides is 1. The molecule has 3 heteroatoms. The van der Waals surface area contributed by atoms with Crippen molar-refractivity contribution < 1.29 is 4.79 Å². The fraction of sp³-hybridized carbons (Fsp3) is 0.923. The molecule has 3 N–H and O–H groups in total. The number of carbonyl (C=O) groups excluding carboxylic acids is 1. The van der Waals surface area contributed by atoms with Crippen LogP contribution in [0.4, 0.5) is 0 Å². The predicted octanol–water partition coefficient (Wildman–Crippen LogP) is 2.20. The summed E-state index contributed by atoms with van der Waals surface area (Å²) in [5.74, 6) is 0.631. The summed E-state index contributed by atoms with van der Waals surface area (Å²) in [6, 6.07) is 0.306. The molecule has 1 unspecified atom stereocenters. The monoisotopic (exact) mass is 226 g/mol. The van der Waals surface area contributed by atoms with Gasteiger partial charge in [-0.25, -0.2) is 0 Å². The molecule has 1 saturated carbocycles. The average Bonchev–Trinajstić information content (AvgIpc) is 2.26. The lowest BCUT2D eigenvalue weighted by molar-refractivity contribution is -0.118. The van der Waals surface area contributed by atoms with E-state index in [0.29, 0.717) is 12.5 Å². The van der Waals surface area contributed by atoms with Gasteiger partial charge in [0.15, 0.2) is 0 Å². The maximum atomic E-state index is 11.0. The summed E-state index contributed by atoms with van der Waals surface area (Å²) >= 11 is 0. The van der Waals surface area contributed by atoms with Crippen LogP contribution in [-0.4, -0.2) is 18.5 Å². The number of nitrogens with two attached hydrogens (primary N) is 1. The van der Waals surface area contributed by atoms with Gasteiger partial charge in [0, 0.05) is 12.5 Å². The summed E-state index contributed by atoms with van der Waals surface area (Å²) in [5.41, 5.74) is 5.29. The summed E-state index contributed by atoms with van der Waals surface area (Å²) < 4.78 is 0. The van der Waals surface area contributed by atoms with Gasteiger partial charge in [-0.1, -0.05) is 39.0 Å². The molecule has 3 nitrogen and oxygen atoms in total. The van der Waals surface area contributed by atoms with E-state index in [1.54, 1.807) is 0 Å². The smallest absolute Gasteiger partial charge is 0.218 e. The van der Waals surface area contributed by atoms with Crippen molar-refractivity contribution in [1.82, 2.24) is 5.32 Å². The van der Waals surface area contributed by atoms with E-state index in [0.717, 1.165) is 25.3 Å². The normalized spacial score (nSPS) is 19.6. The standard InChI is InChI=1S/C13H26N2O/c1-2-8-15-12(10-13(14)16)9-11-6-4-3-5-7-11/h11-12,15H,2-10H2,1H3,(H2,14,16). The Morgan fingerprint density at radius 3 is 2.62 bits per heavy atom. The van der Waals surface area contributed by atoms with Crippen LogP contribution in [-0.2, 0) is 4.79 Å². The van der Waals surface area contributed by atoms with Crippen molar-refractivity contribution in [3.05, 3.63) is 0 Å². The Morgan fingerprint density at radius 2 is 2.06 bits per heavy atom. The largest absolute Gasteiger partial charge is 0.370 e. The Morgan fingerprint density at radius 1 is 1.38 bits per heavy atom. The Balaban J connectivity index is 2.31. The average molecular weight is 226 g/mol. The first kappa shape index (κ1) is 13.5. The van der Waals surface area contributed by atoms with Crippen LogP contribution in [0.15, 0.2) is 0 Å². The van der Waals surface area contributed by atoms with Gasteiger partial charge in [-0.15, -0.1) is 0 Å². The molecule has 1 aliphatic rings. The minimum atomic E-state index is -0.176. The van der Waals surface area contributed by atoms with Crippen molar-refractivity contribution >= 4 is 5.91 Å². The first-order valence-corrected chi connectivity index (χ1v) is 6.74. The summed E-state index contributed by atoms with van der Waals surface area (Å²) in [6.45, 7) is 3.14. The fourth-order valence-electron chi connectivity index (χ4n) is 2.66. The third-order valence-corrected chi connectivity index (χ3v) is 3.47. The zero-order valence-electron chi connectivity index (χ0n) is 10.5. The van der Waals surface area contributed by atoms with E-state index in [1.165, 1.54) is 32.1 Å². The zero-order valence-corrected chi connectivity index (χ0v) is 10.5. The van der Waals surface area contributed by atoms with Crippen LogP contribution < -0.4 is 11.1 Å². The number of carbonyl (C=O) groups is 1. The van der Waals surface area contributed by atoms with Crippen LogP contribution in [0.2, 0.25) is 0 Å². The SMILES string of the molecule is CCCNC(CC(N)=O)CC1CCCCC1. The molecule has 0 aromatic rings. The fourth-order valence-corrected chi connectivity index (χ4v) is 2.66. The molecule has 0 aromatic carbocycles. The van der Waals surface area contributed by atoms with Gasteiger partial charge >= 0.3 is 0 Å². The number of hydrogen-bond donors (Lipinski definition) is 2. The first-order valence-electron chi connectivity index (χ1n) is 6.74. The van der Waals surface area contributed by atoms with Crippen LogP contribution in [0.1, 0.15) is 58.3 Å². The second kappa shape index (κ2) is 7.66. The van der Waals surface area contributed by atoms with Crippen molar-refractivity contribution in [3.8, 4) is 0 Å². The highest BCUT2D eigenvalue weighted by molar-refractivity contribution is 5.74. The lowest BCUT2D eigenvalue weighted by atomic mass is 9.84. The van der Waals surface area contributed by atoms with E-state index in [1.807, 2.05) is 0 Å². The minimum absolute atomic E-state index is 0.176. The highest BCUT2D eigenvalue weighted by Crippen LogP contribution is 2.27. The van der Waals surface area contributed by atoms with Crippen molar-refractivity contribution in [2.75, 3.05) is 6.54 Å². The van der Waals surface area contributed by atoms with E-state index in [2.05, 4.69) is 12.2 Å². The molecule has 0 radical (unpaired) electrons. The van der Waals surface area contributed by atoms with Gasteiger partial charge in [0.05, 0.1) is 0 Å². The molecule has 1 aliphatic carbocycles. The van der Waals surface area contributed by atoms with Gasteiger partial charge in [0.2, 0.25) is 5.91 Å². The Labute approximate surface area is 99.2 Å². The quantitative estimate of drug-likeness (QED) is 0.699. The van der Waals surface area contributed by atoms with Crippen LogP contribution in [0.25, 0.3) is 0 Å². The molecule has 1 amide bonds. The van der Waals surface area contributed by atoms with Crippen LogP contribution in [0.5, 0.6) is 0 Å². The molecule has 94 valence electrons. The number of rotatable bonds is 7. The number of primary amides is 1. The summed E-state index contributed by atoms with van der Waals surface area (Å²) in [6.07, 6.45) is 9.52. The van der Waals surface area contributed by atoms with Crippen LogP contribution in [0.3, 0.4) is 0 Å². The van der Waals surface area contributed by atoms with Gasteiger partial charge in [0.1, 0.15) is 0 Å². The number of hydrogen-bond acceptors (Lipinski definition) is 2. The molecule has 0 aromatic heterocycles. The van der Waals surface area contributed by atoms with Crippen LogP contribution >= 0.6 is 0 Å². The molecule has 1 atom stereocenters. The Hall–Kier alpha value is -0.570. The highest BCUT2D eigenvalue weighted by atomic mass is 16.1. The van der Waals surface area contributed by atoms with E-state index >= 15 is 0 Å². The highest BCUT2D eigenvalue weighted by Gasteiger charge is 2.19. The minimum Gasteiger partial charge on any atom is -0.370 e. The molecule has 0 saturated heterocycles. The van der Waals surface area contributed by atoms with Gasteiger partial charge in [-0.05, 0) is 25.3 Å². The summed E-state index contributed by atoms with van der Waals surface area (Å²) in [4.78, 5) is 11.0. The third-order valence-electron chi connectivity index (χ3n) is 3.47. The summed E-state index contributed by atoms with van der Waals surface area (Å²) in [7, 11) is 0. The lowest BCUT2D eigenvalue weighted by Crippen LogP contribution is -2.36. The van der Waals surface area contributed by atoms with Gasteiger partial charge in [-0.3, -0.25) is 4.79 Å². The van der Waals surface area contributed by atoms with Crippen molar-refractivity contribution in [2.45, 2.75) is 64.3 Å². The zero-order chi connectivity index (χ0) is 11.8. The van der Waals surface area contributed by atoms with E-state index in [-0.39, 0.29) is 5.91 Å². The van der Waals surface area contributed by atoms with Gasteiger partial charge < -0.3 is 11.1 Å². The molecular weight excluding hydrogens is 200 g/mol. The molecule has 0 heterocycles. The van der Waals surface area contributed by atoms with E-state index in [9.17, 15) is 4.79 Å². The van der Waals surface area contributed by atoms with Crippen LogP contribution in [0, 0.1) is 5.92 Å². The second-order valence-electron chi connectivity index (χ2n) is 5.06. The van der Waals surface area contributed by atoms with Crippen molar-refractivity contribution in [2.24, 2.45) is 11.7 Å². The van der Waals surface area contributed by atoms with E-state index in [4.69, 9.17) is 5.73 Å². The van der Waals surface area contributed by atoms with Gasteiger partial charge in [-0.2, -0.15) is 0 Å². The first-order chi connectivity index (χ1) is 7.72.